The quantitative estimate of drug-likeness (QED) is 0.771. The third-order valence-corrected chi connectivity index (χ3v) is 4.24. The number of urea groups is 1. The Bertz CT molecular complexity index is 590. The predicted molar refractivity (Wildman–Crippen MR) is 85.6 cm³/mol. The number of carbonyl (C=O) groups is 1. The molecule has 1 aromatic heterocycles. The standard InChI is InChI=1S/C17H22N4O/c22-16(18-10-4-12-21-13-5-11-20-21)19-14-17(8-9-17)15-6-2-1-3-7-15/h1-3,5-7,11,13H,4,8-10,12,14H2,(H2,18,19,22). The summed E-state index contributed by atoms with van der Waals surface area (Å²) in [5.74, 6) is 0. The van der Waals surface area contributed by atoms with E-state index in [-0.39, 0.29) is 11.4 Å². The fourth-order valence-electron chi connectivity index (χ4n) is 2.70. The van der Waals surface area contributed by atoms with Crippen molar-refractivity contribution in [3.8, 4) is 0 Å². The van der Waals surface area contributed by atoms with E-state index < -0.39 is 0 Å². The second kappa shape index (κ2) is 6.64. The Hall–Kier alpha value is -2.30. The van der Waals surface area contributed by atoms with Gasteiger partial charge in [-0.1, -0.05) is 30.3 Å². The van der Waals surface area contributed by atoms with Crippen LogP contribution in [0.3, 0.4) is 0 Å². The van der Waals surface area contributed by atoms with Crippen LogP contribution in [0.4, 0.5) is 4.79 Å². The summed E-state index contributed by atoms with van der Waals surface area (Å²) < 4.78 is 1.87. The Morgan fingerprint density at radius 2 is 2.00 bits per heavy atom. The van der Waals surface area contributed by atoms with Gasteiger partial charge in [0.2, 0.25) is 0 Å². The highest BCUT2D eigenvalue weighted by molar-refractivity contribution is 5.74. The Labute approximate surface area is 130 Å². The van der Waals surface area contributed by atoms with Crippen molar-refractivity contribution in [3.05, 3.63) is 54.4 Å². The second-order valence-electron chi connectivity index (χ2n) is 5.88. The van der Waals surface area contributed by atoms with Gasteiger partial charge in [-0.2, -0.15) is 5.10 Å². The molecule has 1 saturated carbocycles. The molecule has 0 saturated heterocycles. The van der Waals surface area contributed by atoms with Gasteiger partial charge in [0.05, 0.1) is 0 Å². The highest BCUT2D eigenvalue weighted by atomic mass is 16.2. The number of aromatic nitrogens is 2. The lowest BCUT2D eigenvalue weighted by atomic mass is 9.96. The molecule has 1 aliphatic rings. The van der Waals surface area contributed by atoms with E-state index in [0.717, 1.165) is 25.8 Å². The van der Waals surface area contributed by atoms with Crippen LogP contribution in [0.1, 0.15) is 24.8 Å². The predicted octanol–water partition coefficient (Wildman–Crippen LogP) is 2.30. The molecule has 1 fully saturated rings. The largest absolute Gasteiger partial charge is 0.338 e. The Morgan fingerprint density at radius 3 is 2.68 bits per heavy atom. The van der Waals surface area contributed by atoms with E-state index in [4.69, 9.17) is 0 Å². The number of hydrogen-bond acceptors (Lipinski definition) is 2. The van der Waals surface area contributed by atoms with Gasteiger partial charge in [-0.25, -0.2) is 4.79 Å². The van der Waals surface area contributed by atoms with Crippen molar-refractivity contribution in [3.63, 3.8) is 0 Å². The molecule has 1 heterocycles. The van der Waals surface area contributed by atoms with Crippen LogP contribution in [0.15, 0.2) is 48.8 Å². The summed E-state index contributed by atoms with van der Waals surface area (Å²) in [4.78, 5) is 11.9. The molecule has 0 bridgehead atoms. The van der Waals surface area contributed by atoms with Gasteiger partial charge in [0.15, 0.2) is 0 Å². The van der Waals surface area contributed by atoms with Crippen LogP contribution >= 0.6 is 0 Å². The van der Waals surface area contributed by atoms with Crippen LogP contribution < -0.4 is 10.6 Å². The molecule has 0 aliphatic heterocycles. The normalized spacial score (nSPS) is 15.3. The molecular weight excluding hydrogens is 276 g/mol. The van der Waals surface area contributed by atoms with Crippen molar-refractivity contribution in [2.75, 3.05) is 13.1 Å². The molecule has 0 spiro atoms. The average Bonchev–Trinajstić information content (AvgIpc) is 3.18. The maximum atomic E-state index is 11.9. The topological polar surface area (TPSA) is 59.0 Å². The molecule has 0 unspecified atom stereocenters. The molecule has 1 aliphatic carbocycles. The van der Waals surface area contributed by atoms with Crippen molar-refractivity contribution in [1.29, 1.82) is 0 Å². The smallest absolute Gasteiger partial charge is 0.314 e. The molecule has 116 valence electrons. The van der Waals surface area contributed by atoms with E-state index in [1.54, 1.807) is 6.20 Å². The monoisotopic (exact) mass is 298 g/mol. The Kier molecular flexibility index (Phi) is 4.42. The lowest BCUT2D eigenvalue weighted by molar-refractivity contribution is 0.239. The number of aryl methyl sites for hydroxylation is 1. The fourth-order valence-corrected chi connectivity index (χ4v) is 2.70. The lowest BCUT2D eigenvalue weighted by Crippen LogP contribution is -2.40. The van der Waals surface area contributed by atoms with Crippen LogP contribution in [0, 0.1) is 0 Å². The zero-order valence-corrected chi connectivity index (χ0v) is 12.7. The first kappa shape index (κ1) is 14.6. The average molecular weight is 298 g/mol. The van der Waals surface area contributed by atoms with Crippen molar-refractivity contribution >= 4 is 6.03 Å². The third kappa shape index (κ3) is 3.67. The van der Waals surface area contributed by atoms with Gasteiger partial charge in [0.25, 0.3) is 0 Å². The number of amides is 2. The minimum Gasteiger partial charge on any atom is -0.338 e. The first-order valence-electron chi connectivity index (χ1n) is 7.83. The number of nitrogens with one attached hydrogen (secondary N) is 2. The van der Waals surface area contributed by atoms with Gasteiger partial charge in [0.1, 0.15) is 0 Å². The molecule has 2 amide bonds. The summed E-state index contributed by atoms with van der Waals surface area (Å²) in [7, 11) is 0. The molecule has 22 heavy (non-hydrogen) atoms. The first-order chi connectivity index (χ1) is 10.8. The lowest BCUT2D eigenvalue weighted by Gasteiger charge is -2.17. The van der Waals surface area contributed by atoms with E-state index in [1.807, 2.05) is 23.0 Å². The molecule has 5 heteroatoms. The van der Waals surface area contributed by atoms with Crippen molar-refractivity contribution in [2.24, 2.45) is 0 Å². The van der Waals surface area contributed by atoms with Crippen LogP contribution in [-0.4, -0.2) is 28.9 Å². The molecule has 2 N–H and O–H groups in total. The van der Waals surface area contributed by atoms with Gasteiger partial charge in [-0.15, -0.1) is 0 Å². The van der Waals surface area contributed by atoms with Crippen molar-refractivity contribution in [2.45, 2.75) is 31.2 Å². The van der Waals surface area contributed by atoms with Crippen LogP contribution in [0.25, 0.3) is 0 Å². The maximum absolute atomic E-state index is 11.9. The summed E-state index contributed by atoms with van der Waals surface area (Å²) in [6.07, 6.45) is 6.86. The third-order valence-electron chi connectivity index (χ3n) is 4.24. The van der Waals surface area contributed by atoms with Gasteiger partial charge in [-0.3, -0.25) is 4.68 Å². The van der Waals surface area contributed by atoms with Crippen LogP contribution in [0.2, 0.25) is 0 Å². The second-order valence-corrected chi connectivity index (χ2v) is 5.88. The van der Waals surface area contributed by atoms with Gasteiger partial charge < -0.3 is 10.6 Å². The summed E-state index contributed by atoms with van der Waals surface area (Å²) in [5.41, 5.74) is 1.49. The SMILES string of the molecule is O=C(NCCCn1cccn1)NCC1(c2ccccc2)CC1. The fraction of sp³-hybridized carbons (Fsp3) is 0.412. The summed E-state index contributed by atoms with van der Waals surface area (Å²) in [6, 6.07) is 12.3. The molecular formula is C17H22N4O. The number of rotatable bonds is 7. The summed E-state index contributed by atoms with van der Waals surface area (Å²) in [6.45, 7) is 2.19. The summed E-state index contributed by atoms with van der Waals surface area (Å²) in [5, 5.41) is 10.0. The molecule has 0 radical (unpaired) electrons. The van der Waals surface area contributed by atoms with E-state index in [9.17, 15) is 4.79 Å². The van der Waals surface area contributed by atoms with Crippen molar-refractivity contribution < 1.29 is 4.79 Å². The number of nitrogens with zero attached hydrogens (tertiary/aromatic N) is 2. The Morgan fingerprint density at radius 1 is 1.18 bits per heavy atom. The molecule has 2 aromatic rings. The van der Waals surface area contributed by atoms with E-state index >= 15 is 0 Å². The van der Waals surface area contributed by atoms with Gasteiger partial charge in [-0.05, 0) is 30.9 Å². The molecule has 1 aromatic carbocycles. The van der Waals surface area contributed by atoms with Gasteiger partial charge in [0, 0.05) is 37.4 Å². The van der Waals surface area contributed by atoms with E-state index in [0.29, 0.717) is 13.1 Å². The van der Waals surface area contributed by atoms with Gasteiger partial charge >= 0.3 is 6.03 Å². The minimum atomic E-state index is -0.0809. The number of hydrogen-bond donors (Lipinski definition) is 2. The van der Waals surface area contributed by atoms with Crippen LogP contribution in [0.5, 0.6) is 0 Å². The van der Waals surface area contributed by atoms with Crippen molar-refractivity contribution in [1.82, 2.24) is 20.4 Å². The first-order valence-corrected chi connectivity index (χ1v) is 7.83. The zero-order valence-electron chi connectivity index (χ0n) is 12.7. The highest BCUT2D eigenvalue weighted by Gasteiger charge is 2.44. The Balaban J connectivity index is 1.36. The number of benzene rings is 1. The number of carbonyl (C=O) groups excluding carboxylic acids is 1. The molecule has 3 rings (SSSR count). The summed E-state index contributed by atoms with van der Waals surface area (Å²) >= 11 is 0. The van der Waals surface area contributed by atoms with E-state index in [1.165, 1.54) is 5.56 Å². The zero-order chi connectivity index (χ0) is 15.3. The minimum absolute atomic E-state index is 0.0809. The maximum Gasteiger partial charge on any atom is 0.314 e. The van der Waals surface area contributed by atoms with E-state index in [2.05, 4.69) is 40.0 Å². The highest BCUT2D eigenvalue weighted by Crippen LogP contribution is 2.47. The van der Waals surface area contributed by atoms with Crippen LogP contribution in [-0.2, 0) is 12.0 Å². The molecule has 5 nitrogen and oxygen atoms in total. The molecule has 0 atom stereocenters.